The maximum Gasteiger partial charge on any atom is 0.417 e. The number of sulfonamides is 2. The van der Waals surface area contributed by atoms with Crippen LogP contribution in [0.5, 0.6) is 0 Å². The molecular weight excluding hydrogens is 469 g/mol. The first kappa shape index (κ1) is 22.4. The van der Waals surface area contributed by atoms with Gasteiger partial charge in [0.2, 0.25) is 15.9 Å². The van der Waals surface area contributed by atoms with E-state index in [4.69, 9.17) is 11.6 Å². The van der Waals surface area contributed by atoms with Gasteiger partial charge >= 0.3 is 6.18 Å². The Kier molecular flexibility index (Phi) is 5.54. The molecule has 162 valence electrons. The van der Waals surface area contributed by atoms with Crippen molar-refractivity contribution in [2.45, 2.75) is 24.4 Å². The lowest BCUT2D eigenvalue weighted by atomic mass is 10.2. The number of hydrogen-bond acceptors (Lipinski definition) is 5. The molecule has 0 aliphatic carbocycles. The first-order valence-corrected chi connectivity index (χ1v) is 11.8. The van der Waals surface area contributed by atoms with Crippen molar-refractivity contribution in [3.63, 3.8) is 0 Å². The van der Waals surface area contributed by atoms with Gasteiger partial charge in [0.1, 0.15) is 0 Å². The zero-order valence-corrected chi connectivity index (χ0v) is 17.6. The van der Waals surface area contributed by atoms with Gasteiger partial charge in [-0.25, -0.2) is 21.1 Å². The van der Waals surface area contributed by atoms with Gasteiger partial charge in [0.25, 0.3) is 10.0 Å². The van der Waals surface area contributed by atoms with E-state index in [1.165, 1.54) is 19.1 Å². The summed E-state index contributed by atoms with van der Waals surface area (Å²) in [6, 6.07) is 6.07. The van der Waals surface area contributed by atoms with E-state index >= 15 is 0 Å². The minimum atomic E-state index is -4.79. The van der Waals surface area contributed by atoms with Crippen molar-refractivity contribution >= 4 is 48.9 Å². The molecule has 7 nitrogen and oxygen atoms in total. The van der Waals surface area contributed by atoms with E-state index in [1.54, 1.807) is 0 Å². The van der Waals surface area contributed by atoms with Gasteiger partial charge in [-0.1, -0.05) is 17.7 Å². The Hall–Kier alpha value is -2.31. The Morgan fingerprint density at radius 3 is 2.37 bits per heavy atom. The van der Waals surface area contributed by atoms with Crippen LogP contribution in [-0.2, 0) is 31.0 Å². The number of halogens is 4. The molecule has 1 fully saturated rings. The molecule has 1 N–H and O–H groups in total. The molecule has 0 atom stereocenters. The molecule has 0 radical (unpaired) electrons. The van der Waals surface area contributed by atoms with Gasteiger partial charge in [-0.05, 0) is 42.8 Å². The van der Waals surface area contributed by atoms with Gasteiger partial charge in [0, 0.05) is 12.1 Å². The van der Waals surface area contributed by atoms with Crippen LogP contribution in [0.15, 0.2) is 41.3 Å². The van der Waals surface area contributed by atoms with Crippen LogP contribution < -0.4 is 9.03 Å². The van der Waals surface area contributed by atoms with E-state index < -0.39 is 53.4 Å². The molecule has 0 unspecified atom stereocenters. The molecule has 1 aliphatic heterocycles. The predicted molar refractivity (Wildman–Crippen MR) is 104 cm³/mol. The average Bonchev–Trinajstić information content (AvgIpc) is 2.89. The zero-order valence-electron chi connectivity index (χ0n) is 15.2. The van der Waals surface area contributed by atoms with E-state index in [0.29, 0.717) is 10.4 Å². The number of benzene rings is 2. The van der Waals surface area contributed by atoms with Gasteiger partial charge < -0.3 is 0 Å². The summed E-state index contributed by atoms with van der Waals surface area (Å²) in [4.78, 5) is 11.6. The summed E-state index contributed by atoms with van der Waals surface area (Å²) in [5.74, 6) is -1.10. The van der Waals surface area contributed by atoms with Crippen molar-refractivity contribution in [1.29, 1.82) is 0 Å². The molecule has 30 heavy (non-hydrogen) atoms. The third-order valence-corrected chi connectivity index (χ3v) is 7.84. The molecule has 0 spiro atoms. The fourth-order valence-corrected chi connectivity index (χ4v) is 5.88. The normalized spacial score (nSPS) is 16.7. The predicted octanol–water partition coefficient (Wildman–Crippen LogP) is 3.53. The smallest absolute Gasteiger partial charge is 0.280 e. The van der Waals surface area contributed by atoms with Crippen LogP contribution in [0.2, 0.25) is 5.02 Å². The molecule has 0 bridgehead atoms. The van der Waals surface area contributed by atoms with Crippen LogP contribution in [0.1, 0.15) is 17.5 Å². The highest BCUT2D eigenvalue weighted by atomic mass is 35.5. The number of carbonyl (C=O) groups excluding carboxylic acids is 1. The number of amides is 1. The number of nitrogens with zero attached hydrogens (tertiary/aromatic N) is 1. The van der Waals surface area contributed by atoms with Gasteiger partial charge in [-0.2, -0.15) is 13.2 Å². The molecule has 2 aromatic carbocycles. The molecule has 13 heteroatoms. The van der Waals surface area contributed by atoms with E-state index in [-0.39, 0.29) is 23.4 Å². The highest BCUT2D eigenvalue weighted by molar-refractivity contribution is 7.94. The Bertz CT molecular complexity index is 1240. The standard InChI is InChI=1S/C17H14ClF3N2O5S2/c1-10-2-4-12(23-16(24)6-7-29(23,25)26)9-15(10)30(27,28)22-11-3-5-14(18)13(8-11)17(19,20)21/h2-5,8-9,22H,6-7H2,1H3. The van der Waals surface area contributed by atoms with Crippen LogP contribution in [0.4, 0.5) is 24.5 Å². The van der Waals surface area contributed by atoms with Gasteiger partial charge in [0.05, 0.1) is 26.9 Å². The highest BCUT2D eigenvalue weighted by Gasteiger charge is 2.37. The molecule has 3 rings (SSSR count). The summed E-state index contributed by atoms with van der Waals surface area (Å²) in [7, 11) is -8.34. The number of anilines is 2. The quantitative estimate of drug-likeness (QED) is 0.718. The molecule has 0 saturated carbocycles. The Morgan fingerprint density at radius 1 is 1.13 bits per heavy atom. The molecular formula is C17H14ClF3N2O5S2. The van der Waals surface area contributed by atoms with Crippen molar-refractivity contribution in [2.24, 2.45) is 0 Å². The lowest BCUT2D eigenvalue weighted by molar-refractivity contribution is -0.137. The summed E-state index contributed by atoms with van der Waals surface area (Å²) in [6.07, 6.45) is -5.03. The lowest BCUT2D eigenvalue weighted by Gasteiger charge is -2.18. The highest BCUT2D eigenvalue weighted by Crippen LogP contribution is 2.37. The minimum Gasteiger partial charge on any atom is -0.280 e. The van der Waals surface area contributed by atoms with Crippen LogP contribution in [0, 0.1) is 6.92 Å². The second kappa shape index (κ2) is 7.43. The average molecular weight is 483 g/mol. The number of alkyl halides is 3. The van der Waals surface area contributed by atoms with Crippen LogP contribution >= 0.6 is 11.6 Å². The monoisotopic (exact) mass is 482 g/mol. The van der Waals surface area contributed by atoms with Crippen molar-refractivity contribution in [2.75, 3.05) is 14.8 Å². The maximum absolute atomic E-state index is 13.0. The Morgan fingerprint density at radius 2 is 1.80 bits per heavy atom. The summed E-state index contributed by atoms with van der Waals surface area (Å²) >= 11 is 5.54. The topological polar surface area (TPSA) is 101 Å². The molecule has 2 aromatic rings. The number of hydrogen-bond donors (Lipinski definition) is 1. The lowest BCUT2D eigenvalue weighted by Crippen LogP contribution is -2.29. The largest absolute Gasteiger partial charge is 0.417 e. The fourth-order valence-electron chi connectivity index (χ4n) is 2.89. The molecule has 1 heterocycles. The zero-order chi connectivity index (χ0) is 22.5. The van der Waals surface area contributed by atoms with Crippen LogP contribution in [0.3, 0.4) is 0 Å². The fraction of sp³-hybridized carbons (Fsp3) is 0.235. The van der Waals surface area contributed by atoms with Crippen LogP contribution in [-0.4, -0.2) is 28.5 Å². The third kappa shape index (κ3) is 4.25. The summed E-state index contributed by atoms with van der Waals surface area (Å²) < 4.78 is 91.4. The molecule has 1 saturated heterocycles. The van der Waals surface area contributed by atoms with E-state index in [2.05, 4.69) is 0 Å². The third-order valence-electron chi connectivity index (χ3n) is 4.30. The minimum absolute atomic E-state index is 0.171. The molecule has 1 amide bonds. The van der Waals surface area contributed by atoms with Gasteiger partial charge in [-0.3, -0.25) is 9.52 Å². The van der Waals surface area contributed by atoms with E-state index in [0.717, 1.165) is 18.2 Å². The van der Waals surface area contributed by atoms with Crippen LogP contribution in [0.25, 0.3) is 0 Å². The van der Waals surface area contributed by atoms with Crippen molar-refractivity contribution in [3.05, 3.63) is 52.5 Å². The van der Waals surface area contributed by atoms with Gasteiger partial charge in [0.15, 0.2) is 0 Å². The van der Waals surface area contributed by atoms with Crippen molar-refractivity contribution < 1.29 is 34.8 Å². The van der Waals surface area contributed by atoms with Gasteiger partial charge in [-0.15, -0.1) is 0 Å². The van der Waals surface area contributed by atoms with E-state index in [9.17, 15) is 34.8 Å². The SMILES string of the molecule is Cc1ccc(N2C(=O)CCS2(=O)=O)cc1S(=O)(=O)Nc1ccc(Cl)c(C(F)(F)F)c1. The summed E-state index contributed by atoms with van der Waals surface area (Å²) in [5, 5.41) is -0.596. The Balaban J connectivity index is 2.03. The number of rotatable bonds is 4. The summed E-state index contributed by atoms with van der Waals surface area (Å²) in [6.45, 7) is 1.42. The van der Waals surface area contributed by atoms with Crippen molar-refractivity contribution in [3.8, 4) is 0 Å². The van der Waals surface area contributed by atoms with Crippen molar-refractivity contribution in [1.82, 2.24) is 0 Å². The second-order valence-electron chi connectivity index (χ2n) is 6.47. The molecule has 1 aliphatic rings. The summed E-state index contributed by atoms with van der Waals surface area (Å²) in [5.41, 5.74) is -1.58. The number of carbonyl (C=O) groups is 1. The maximum atomic E-state index is 13.0. The first-order chi connectivity index (χ1) is 13.7. The Labute approximate surface area is 175 Å². The van der Waals surface area contributed by atoms with E-state index in [1.807, 2.05) is 4.72 Å². The number of aryl methyl sites for hydroxylation is 1. The molecule has 0 aromatic heterocycles. The second-order valence-corrected chi connectivity index (χ2v) is 10.5. The first-order valence-electron chi connectivity index (χ1n) is 8.28. The number of nitrogens with one attached hydrogen (secondary N) is 1.